The van der Waals surface area contributed by atoms with Crippen molar-refractivity contribution in [2.75, 3.05) is 16.8 Å². The van der Waals surface area contributed by atoms with Gasteiger partial charge in [-0.3, -0.25) is 4.79 Å². The number of anilines is 2. The van der Waals surface area contributed by atoms with Crippen LogP contribution in [-0.2, 0) is 41.7 Å². The number of carboxylic acids is 1. The molecule has 3 amide bonds. The lowest BCUT2D eigenvalue weighted by molar-refractivity contribution is -0.139. The maximum atomic E-state index is 12.9. The quantitative estimate of drug-likeness (QED) is 0.630. The molecule has 7 nitrogen and oxygen atoms in total. The summed E-state index contributed by atoms with van der Waals surface area (Å²) in [6.45, 7) is 0.678. The van der Waals surface area contributed by atoms with Gasteiger partial charge in [0.15, 0.2) is 0 Å². The Balaban J connectivity index is 1.31. The number of aryl methyl sites for hydroxylation is 2. The zero-order valence-electron chi connectivity index (χ0n) is 18.7. The van der Waals surface area contributed by atoms with E-state index in [0.717, 1.165) is 61.9 Å². The number of nitrogens with zero attached hydrogens (tertiary/aromatic N) is 1. The summed E-state index contributed by atoms with van der Waals surface area (Å²) in [6.07, 6.45) is 7.64. The molecule has 0 saturated carbocycles. The molecule has 2 aromatic rings. The summed E-state index contributed by atoms with van der Waals surface area (Å²) < 4.78 is 0. The van der Waals surface area contributed by atoms with E-state index in [2.05, 4.69) is 16.7 Å². The van der Waals surface area contributed by atoms with Crippen LogP contribution in [0.3, 0.4) is 0 Å². The van der Waals surface area contributed by atoms with E-state index in [1.165, 1.54) is 22.3 Å². The van der Waals surface area contributed by atoms with E-state index >= 15 is 0 Å². The van der Waals surface area contributed by atoms with Crippen LogP contribution in [-0.4, -0.2) is 35.6 Å². The normalized spacial score (nSPS) is 17.6. The van der Waals surface area contributed by atoms with Gasteiger partial charge in [0.2, 0.25) is 5.91 Å². The van der Waals surface area contributed by atoms with E-state index in [1.807, 2.05) is 24.3 Å². The highest BCUT2D eigenvalue weighted by Crippen LogP contribution is 2.38. The van der Waals surface area contributed by atoms with Gasteiger partial charge in [-0.05, 0) is 84.9 Å². The van der Waals surface area contributed by atoms with Gasteiger partial charge < -0.3 is 20.6 Å². The third-order valence-electron chi connectivity index (χ3n) is 7.05. The van der Waals surface area contributed by atoms with Crippen molar-refractivity contribution in [2.45, 2.75) is 63.8 Å². The Labute approximate surface area is 193 Å². The van der Waals surface area contributed by atoms with Crippen molar-refractivity contribution < 1.29 is 19.5 Å². The molecule has 2 aromatic carbocycles. The van der Waals surface area contributed by atoms with Crippen LogP contribution in [0.1, 0.15) is 53.5 Å². The van der Waals surface area contributed by atoms with Gasteiger partial charge >= 0.3 is 12.0 Å². The summed E-state index contributed by atoms with van der Waals surface area (Å²) in [5, 5.41) is 15.4. The van der Waals surface area contributed by atoms with Gasteiger partial charge in [-0.25, -0.2) is 9.59 Å². The van der Waals surface area contributed by atoms with E-state index < -0.39 is 18.0 Å². The number of hydrogen-bond donors (Lipinski definition) is 3. The van der Waals surface area contributed by atoms with E-state index in [-0.39, 0.29) is 12.3 Å². The predicted octanol–water partition coefficient (Wildman–Crippen LogP) is 3.61. The maximum absolute atomic E-state index is 12.9. The Morgan fingerprint density at radius 3 is 2.33 bits per heavy atom. The number of amides is 3. The smallest absolute Gasteiger partial charge is 0.326 e. The first-order valence-corrected chi connectivity index (χ1v) is 11.9. The standard InChI is InChI=1S/C26H29N3O4/c30-23-11-4-12-29(23)19-8-1-5-16(13-19)14-22(25(31)32)27-26(33)28-24-20-9-2-6-17(20)15-18-7-3-10-21(18)24/h1,5,8,13,15,22H,2-4,6-7,9-12,14H2,(H,31,32)(H2,27,28,33). The predicted molar refractivity (Wildman–Crippen MR) is 126 cm³/mol. The molecule has 0 bridgehead atoms. The maximum Gasteiger partial charge on any atom is 0.326 e. The van der Waals surface area contributed by atoms with Gasteiger partial charge in [0, 0.05) is 30.8 Å². The SMILES string of the molecule is O=C(Nc1c2c(cc3c1CCC3)CCC2)NC(Cc1cccc(N2CCCC2=O)c1)C(=O)O. The number of nitrogens with one attached hydrogen (secondary N) is 2. The molecule has 172 valence electrons. The third kappa shape index (κ3) is 4.32. The zero-order chi connectivity index (χ0) is 22.9. The number of urea groups is 1. The highest BCUT2D eigenvalue weighted by atomic mass is 16.4. The molecule has 3 N–H and O–H groups in total. The highest BCUT2D eigenvalue weighted by Gasteiger charge is 2.27. The largest absolute Gasteiger partial charge is 0.480 e. The molecule has 33 heavy (non-hydrogen) atoms. The fraction of sp³-hybridized carbons (Fsp3) is 0.423. The van der Waals surface area contributed by atoms with Crippen LogP contribution in [0.4, 0.5) is 16.2 Å². The molecule has 2 aliphatic carbocycles. The fourth-order valence-electron chi connectivity index (χ4n) is 5.48. The molecule has 1 saturated heterocycles. The van der Waals surface area contributed by atoms with Crippen LogP contribution in [0.25, 0.3) is 0 Å². The second-order valence-electron chi connectivity index (χ2n) is 9.25. The molecule has 0 radical (unpaired) electrons. The van der Waals surface area contributed by atoms with Gasteiger partial charge in [-0.2, -0.15) is 0 Å². The Hall–Kier alpha value is -3.35. The Kier molecular flexibility index (Phi) is 5.79. The van der Waals surface area contributed by atoms with Crippen LogP contribution in [0, 0.1) is 0 Å². The molecule has 5 rings (SSSR count). The number of fused-ring (bicyclic) bond motifs is 2. The number of carbonyl (C=O) groups excluding carboxylic acids is 2. The average Bonchev–Trinajstić information content (AvgIpc) is 3.54. The molecule has 1 atom stereocenters. The lowest BCUT2D eigenvalue weighted by Crippen LogP contribution is -2.44. The monoisotopic (exact) mass is 447 g/mol. The van der Waals surface area contributed by atoms with Crippen molar-refractivity contribution in [1.82, 2.24) is 5.32 Å². The Bertz CT molecular complexity index is 1090. The highest BCUT2D eigenvalue weighted by molar-refractivity contribution is 5.96. The average molecular weight is 448 g/mol. The number of rotatable bonds is 6. The molecule has 7 heteroatoms. The second-order valence-corrected chi connectivity index (χ2v) is 9.25. The molecule has 0 aromatic heterocycles. The van der Waals surface area contributed by atoms with Gasteiger partial charge in [-0.1, -0.05) is 18.2 Å². The van der Waals surface area contributed by atoms with Crippen molar-refractivity contribution in [3.63, 3.8) is 0 Å². The summed E-state index contributed by atoms with van der Waals surface area (Å²) >= 11 is 0. The summed E-state index contributed by atoms with van der Waals surface area (Å²) in [5.41, 5.74) is 7.48. The van der Waals surface area contributed by atoms with Gasteiger partial charge in [-0.15, -0.1) is 0 Å². The van der Waals surface area contributed by atoms with Crippen molar-refractivity contribution in [3.8, 4) is 0 Å². The fourth-order valence-corrected chi connectivity index (χ4v) is 5.48. The molecule has 1 heterocycles. The van der Waals surface area contributed by atoms with E-state index in [9.17, 15) is 19.5 Å². The first-order chi connectivity index (χ1) is 16.0. The van der Waals surface area contributed by atoms with Gasteiger partial charge in [0.1, 0.15) is 6.04 Å². The summed E-state index contributed by atoms with van der Waals surface area (Å²) in [6, 6.07) is 8.10. The Morgan fingerprint density at radius 2 is 1.70 bits per heavy atom. The molecule has 0 spiro atoms. The van der Waals surface area contributed by atoms with E-state index in [1.54, 1.807) is 4.90 Å². The lowest BCUT2D eigenvalue weighted by Gasteiger charge is -2.20. The van der Waals surface area contributed by atoms with Crippen LogP contribution in [0.15, 0.2) is 30.3 Å². The zero-order valence-corrected chi connectivity index (χ0v) is 18.7. The summed E-state index contributed by atoms with van der Waals surface area (Å²) in [4.78, 5) is 38.6. The van der Waals surface area contributed by atoms with E-state index in [4.69, 9.17) is 0 Å². The van der Waals surface area contributed by atoms with Crippen LogP contribution >= 0.6 is 0 Å². The minimum absolute atomic E-state index is 0.0855. The number of carbonyl (C=O) groups is 3. The lowest BCUT2D eigenvalue weighted by atomic mass is 9.99. The van der Waals surface area contributed by atoms with Gasteiger partial charge in [0.25, 0.3) is 0 Å². The van der Waals surface area contributed by atoms with Crippen LogP contribution in [0.5, 0.6) is 0 Å². The molecule has 1 aliphatic heterocycles. The number of carboxylic acid groups (broad SMARTS) is 1. The minimum atomic E-state index is -1.09. The summed E-state index contributed by atoms with van der Waals surface area (Å²) in [7, 11) is 0. The number of hydrogen-bond acceptors (Lipinski definition) is 3. The molecule has 1 unspecified atom stereocenters. The molecule has 3 aliphatic rings. The minimum Gasteiger partial charge on any atom is -0.480 e. The van der Waals surface area contributed by atoms with Crippen molar-refractivity contribution in [2.24, 2.45) is 0 Å². The van der Waals surface area contributed by atoms with Crippen LogP contribution < -0.4 is 15.5 Å². The third-order valence-corrected chi connectivity index (χ3v) is 7.05. The van der Waals surface area contributed by atoms with Crippen molar-refractivity contribution >= 4 is 29.3 Å². The second kappa shape index (κ2) is 8.89. The van der Waals surface area contributed by atoms with Crippen LogP contribution in [0.2, 0.25) is 0 Å². The first-order valence-electron chi connectivity index (χ1n) is 11.9. The topological polar surface area (TPSA) is 98.7 Å². The molecular formula is C26H29N3O4. The number of aliphatic carboxylic acids is 1. The number of benzene rings is 2. The first kappa shape index (κ1) is 21.5. The van der Waals surface area contributed by atoms with Gasteiger partial charge in [0.05, 0.1) is 0 Å². The molecular weight excluding hydrogens is 418 g/mol. The van der Waals surface area contributed by atoms with E-state index in [0.29, 0.717) is 13.0 Å². The summed E-state index contributed by atoms with van der Waals surface area (Å²) in [5.74, 6) is -1.00. The molecule has 1 fully saturated rings. The van der Waals surface area contributed by atoms with Crippen molar-refractivity contribution in [3.05, 3.63) is 58.1 Å². The Morgan fingerprint density at radius 1 is 0.970 bits per heavy atom. The van der Waals surface area contributed by atoms with Crippen molar-refractivity contribution in [1.29, 1.82) is 0 Å².